The second-order valence-corrected chi connectivity index (χ2v) is 4.45. The second-order valence-electron chi connectivity index (χ2n) is 4.45. The number of rotatable bonds is 3. The number of anilines is 1. The number of halogens is 1. The molecule has 1 amide bonds. The SMILES string of the molecule is Cc1ccc(C(=O)Nc2ccccc2/C(N)=N/O)cc1F. The van der Waals surface area contributed by atoms with Crippen molar-refractivity contribution in [2.75, 3.05) is 5.32 Å². The van der Waals surface area contributed by atoms with Crippen LogP contribution in [0.1, 0.15) is 21.5 Å². The average Bonchev–Trinajstić information content (AvgIpc) is 2.49. The number of hydrogen-bond acceptors (Lipinski definition) is 3. The Kier molecular flexibility index (Phi) is 4.18. The minimum Gasteiger partial charge on any atom is -0.409 e. The molecule has 0 radical (unpaired) electrons. The van der Waals surface area contributed by atoms with E-state index in [1.165, 1.54) is 12.1 Å². The molecule has 0 unspecified atom stereocenters. The molecule has 5 nitrogen and oxygen atoms in total. The molecular formula is C15H14FN3O2. The van der Waals surface area contributed by atoms with Gasteiger partial charge in [-0.1, -0.05) is 23.4 Å². The van der Waals surface area contributed by atoms with Gasteiger partial charge < -0.3 is 16.3 Å². The quantitative estimate of drug-likeness (QED) is 0.351. The van der Waals surface area contributed by atoms with Crippen LogP contribution in [-0.2, 0) is 0 Å². The highest BCUT2D eigenvalue weighted by molar-refractivity contribution is 6.09. The van der Waals surface area contributed by atoms with Crippen molar-refractivity contribution in [1.82, 2.24) is 0 Å². The maximum Gasteiger partial charge on any atom is 0.255 e. The van der Waals surface area contributed by atoms with E-state index in [1.807, 2.05) is 0 Å². The lowest BCUT2D eigenvalue weighted by Crippen LogP contribution is -2.19. The molecule has 0 aliphatic heterocycles. The molecule has 0 atom stereocenters. The molecule has 108 valence electrons. The third kappa shape index (κ3) is 3.17. The summed E-state index contributed by atoms with van der Waals surface area (Å²) >= 11 is 0. The summed E-state index contributed by atoms with van der Waals surface area (Å²) in [5.74, 6) is -1.06. The van der Waals surface area contributed by atoms with Gasteiger partial charge in [0.25, 0.3) is 5.91 Å². The van der Waals surface area contributed by atoms with E-state index in [2.05, 4.69) is 10.5 Å². The van der Waals surface area contributed by atoms with Crippen LogP contribution in [0.4, 0.5) is 10.1 Å². The number of carbonyl (C=O) groups excluding carboxylic acids is 1. The summed E-state index contributed by atoms with van der Waals surface area (Å²) in [6.07, 6.45) is 0. The number of amidine groups is 1. The van der Waals surface area contributed by atoms with Crippen LogP contribution in [0.3, 0.4) is 0 Å². The van der Waals surface area contributed by atoms with Gasteiger partial charge >= 0.3 is 0 Å². The van der Waals surface area contributed by atoms with E-state index < -0.39 is 11.7 Å². The summed E-state index contributed by atoms with van der Waals surface area (Å²) < 4.78 is 13.5. The van der Waals surface area contributed by atoms with E-state index in [0.29, 0.717) is 16.8 Å². The molecule has 0 aliphatic carbocycles. The van der Waals surface area contributed by atoms with E-state index in [0.717, 1.165) is 6.07 Å². The van der Waals surface area contributed by atoms with Crippen LogP contribution >= 0.6 is 0 Å². The fraction of sp³-hybridized carbons (Fsp3) is 0.0667. The number of oxime groups is 1. The molecule has 0 aliphatic rings. The van der Waals surface area contributed by atoms with E-state index in [4.69, 9.17) is 10.9 Å². The maximum atomic E-state index is 13.5. The number of nitrogens with two attached hydrogens (primary N) is 1. The van der Waals surface area contributed by atoms with Gasteiger partial charge in [0.05, 0.1) is 5.69 Å². The third-order valence-corrected chi connectivity index (χ3v) is 2.99. The van der Waals surface area contributed by atoms with Crippen LogP contribution in [0.5, 0.6) is 0 Å². The molecule has 2 aromatic carbocycles. The van der Waals surface area contributed by atoms with Gasteiger partial charge in [-0.15, -0.1) is 0 Å². The molecule has 21 heavy (non-hydrogen) atoms. The smallest absolute Gasteiger partial charge is 0.255 e. The molecule has 0 saturated heterocycles. The first kappa shape index (κ1) is 14.5. The fourth-order valence-electron chi connectivity index (χ4n) is 1.80. The first-order valence-corrected chi connectivity index (χ1v) is 6.17. The fourth-order valence-corrected chi connectivity index (χ4v) is 1.80. The minimum absolute atomic E-state index is 0.124. The summed E-state index contributed by atoms with van der Waals surface area (Å²) in [5.41, 5.74) is 6.94. The molecule has 2 rings (SSSR count). The van der Waals surface area contributed by atoms with Crippen molar-refractivity contribution >= 4 is 17.4 Å². The van der Waals surface area contributed by atoms with E-state index in [-0.39, 0.29) is 11.4 Å². The number of amides is 1. The third-order valence-electron chi connectivity index (χ3n) is 2.99. The van der Waals surface area contributed by atoms with Gasteiger partial charge in [0.15, 0.2) is 5.84 Å². The van der Waals surface area contributed by atoms with Crippen LogP contribution in [0.15, 0.2) is 47.6 Å². The highest BCUT2D eigenvalue weighted by Crippen LogP contribution is 2.17. The summed E-state index contributed by atoms with van der Waals surface area (Å²) in [5, 5.41) is 14.3. The second kappa shape index (κ2) is 6.04. The predicted octanol–water partition coefficient (Wildman–Crippen LogP) is 2.48. The Bertz CT molecular complexity index is 714. The Morgan fingerprint density at radius 1 is 1.29 bits per heavy atom. The number of carbonyl (C=O) groups is 1. The van der Waals surface area contributed by atoms with Gasteiger partial charge in [-0.3, -0.25) is 4.79 Å². The normalized spacial score (nSPS) is 11.2. The van der Waals surface area contributed by atoms with Gasteiger partial charge in [0.1, 0.15) is 5.82 Å². The molecular weight excluding hydrogens is 273 g/mol. The lowest BCUT2D eigenvalue weighted by molar-refractivity contribution is 0.102. The van der Waals surface area contributed by atoms with Crippen LogP contribution in [0, 0.1) is 12.7 Å². The first-order chi connectivity index (χ1) is 10.0. The van der Waals surface area contributed by atoms with E-state index in [1.54, 1.807) is 31.2 Å². The first-order valence-electron chi connectivity index (χ1n) is 6.17. The molecule has 6 heteroatoms. The topological polar surface area (TPSA) is 87.7 Å². The lowest BCUT2D eigenvalue weighted by Gasteiger charge is -2.10. The van der Waals surface area contributed by atoms with Crippen LogP contribution in [0.2, 0.25) is 0 Å². The number of aryl methyl sites for hydroxylation is 1. The number of benzene rings is 2. The zero-order valence-electron chi connectivity index (χ0n) is 11.3. The Morgan fingerprint density at radius 3 is 2.67 bits per heavy atom. The van der Waals surface area contributed by atoms with E-state index >= 15 is 0 Å². The molecule has 0 spiro atoms. The Morgan fingerprint density at radius 2 is 2.00 bits per heavy atom. The van der Waals surface area contributed by atoms with E-state index in [9.17, 15) is 9.18 Å². The molecule has 0 fully saturated rings. The summed E-state index contributed by atoms with van der Waals surface area (Å²) in [6.45, 7) is 1.62. The largest absolute Gasteiger partial charge is 0.409 e. The number of nitrogens with zero attached hydrogens (tertiary/aromatic N) is 1. The van der Waals surface area contributed by atoms with Crippen molar-refractivity contribution in [3.05, 3.63) is 65.0 Å². The van der Waals surface area contributed by atoms with Crippen molar-refractivity contribution in [3.8, 4) is 0 Å². The van der Waals surface area contributed by atoms with Crippen molar-refractivity contribution in [2.45, 2.75) is 6.92 Å². The van der Waals surface area contributed by atoms with Crippen molar-refractivity contribution < 1.29 is 14.4 Å². The molecule has 0 bridgehead atoms. The van der Waals surface area contributed by atoms with Gasteiger partial charge in [0.2, 0.25) is 0 Å². The molecule has 4 N–H and O–H groups in total. The van der Waals surface area contributed by atoms with Gasteiger partial charge in [-0.05, 0) is 36.8 Å². The highest BCUT2D eigenvalue weighted by Gasteiger charge is 2.12. The molecule has 2 aromatic rings. The predicted molar refractivity (Wildman–Crippen MR) is 78.0 cm³/mol. The highest BCUT2D eigenvalue weighted by atomic mass is 19.1. The van der Waals surface area contributed by atoms with Crippen molar-refractivity contribution in [3.63, 3.8) is 0 Å². The van der Waals surface area contributed by atoms with Crippen LogP contribution < -0.4 is 11.1 Å². The minimum atomic E-state index is -0.480. The summed E-state index contributed by atoms with van der Waals surface area (Å²) in [7, 11) is 0. The van der Waals surface area contributed by atoms with Crippen LogP contribution in [-0.4, -0.2) is 17.0 Å². The maximum absolute atomic E-state index is 13.5. The Hall–Kier alpha value is -2.89. The summed E-state index contributed by atoms with van der Waals surface area (Å²) in [6, 6.07) is 10.8. The Labute approximate surface area is 120 Å². The van der Waals surface area contributed by atoms with Gasteiger partial charge in [-0.2, -0.15) is 0 Å². The average molecular weight is 287 g/mol. The van der Waals surface area contributed by atoms with Crippen molar-refractivity contribution in [2.24, 2.45) is 10.9 Å². The van der Waals surface area contributed by atoms with Crippen molar-refractivity contribution in [1.29, 1.82) is 0 Å². The van der Waals surface area contributed by atoms with Crippen LogP contribution in [0.25, 0.3) is 0 Å². The monoisotopic (exact) mass is 287 g/mol. The number of hydrogen-bond donors (Lipinski definition) is 3. The lowest BCUT2D eigenvalue weighted by atomic mass is 10.1. The standard InChI is InChI=1S/C15H14FN3O2/c1-9-6-7-10(8-12(9)16)15(20)18-13-5-3-2-4-11(13)14(17)19-21/h2-8,21H,1H3,(H2,17,19)(H,18,20). The number of para-hydroxylation sites is 1. The molecule has 0 aromatic heterocycles. The summed E-state index contributed by atoms with van der Waals surface area (Å²) in [4.78, 5) is 12.1. The molecule has 0 saturated carbocycles. The number of nitrogens with one attached hydrogen (secondary N) is 1. The zero-order valence-corrected chi connectivity index (χ0v) is 11.3. The molecule has 0 heterocycles. The van der Waals surface area contributed by atoms with Gasteiger partial charge in [0, 0.05) is 11.1 Å². The Balaban J connectivity index is 2.30. The zero-order chi connectivity index (χ0) is 15.4. The van der Waals surface area contributed by atoms with Gasteiger partial charge in [-0.25, -0.2) is 4.39 Å².